The number of amides is 1. The standard InChI is InChI=1S/C15H12BrN3OS/c1-8-6-7-18-15-11(8)12(17)13(21-15)14(20)19-10-4-2-9(16)3-5-10/h2-7H,17H2,1H3,(H,19,20). The monoisotopic (exact) mass is 361 g/mol. The summed E-state index contributed by atoms with van der Waals surface area (Å²) < 4.78 is 0.960. The summed E-state index contributed by atoms with van der Waals surface area (Å²) in [6.45, 7) is 1.96. The predicted molar refractivity (Wildman–Crippen MR) is 90.9 cm³/mol. The number of fused-ring (bicyclic) bond motifs is 1. The molecule has 2 heterocycles. The first kappa shape index (κ1) is 14.0. The SMILES string of the molecule is Cc1ccnc2sc(C(=O)Nc3ccc(Br)cc3)c(N)c12. The van der Waals surface area contributed by atoms with E-state index in [-0.39, 0.29) is 5.91 Å². The summed E-state index contributed by atoms with van der Waals surface area (Å²) in [5, 5.41) is 3.71. The number of nitrogens with two attached hydrogens (primary N) is 1. The average molecular weight is 362 g/mol. The van der Waals surface area contributed by atoms with Gasteiger partial charge in [0.25, 0.3) is 5.91 Å². The highest BCUT2D eigenvalue weighted by Crippen LogP contribution is 2.34. The molecule has 3 rings (SSSR count). The average Bonchev–Trinajstić information content (AvgIpc) is 2.80. The van der Waals surface area contributed by atoms with Crippen molar-refractivity contribution in [2.75, 3.05) is 11.1 Å². The van der Waals surface area contributed by atoms with Crippen LogP contribution in [0.2, 0.25) is 0 Å². The second kappa shape index (κ2) is 5.46. The van der Waals surface area contributed by atoms with E-state index in [2.05, 4.69) is 26.2 Å². The van der Waals surface area contributed by atoms with Crippen molar-refractivity contribution >= 4 is 54.8 Å². The molecule has 0 atom stereocenters. The fourth-order valence-corrected chi connectivity index (χ4v) is 3.39. The molecule has 0 spiro atoms. The first-order chi connectivity index (χ1) is 10.1. The van der Waals surface area contributed by atoms with Gasteiger partial charge in [0.15, 0.2) is 0 Å². The lowest BCUT2D eigenvalue weighted by atomic mass is 10.1. The minimum atomic E-state index is -0.211. The van der Waals surface area contributed by atoms with Crippen LogP contribution in [0, 0.1) is 6.92 Å². The van der Waals surface area contributed by atoms with Crippen molar-refractivity contribution in [2.45, 2.75) is 6.92 Å². The molecule has 0 fully saturated rings. The molecule has 0 aliphatic heterocycles. The number of rotatable bonds is 2. The van der Waals surface area contributed by atoms with E-state index in [9.17, 15) is 4.79 Å². The summed E-state index contributed by atoms with van der Waals surface area (Å²) in [5.41, 5.74) is 8.37. The van der Waals surface area contributed by atoms with Gasteiger partial charge in [-0.2, -0.15) is 0 Å². The first-order valence-electron chi connectivity index (χ1n) is 6.27. The minimum Gasteiger partial charge on any atom is -0.397 e. The lowest BCUT2D eigenvalue weighted by Gasteiger charge is -2.04. The maximum atomic E-state index is 12.4. The number of carbonyl (C=O) groups is 1. The Morgan fingerprint density at radius 1 is 1.29 bits per heavy atom. The lowest BCUT2D eigenvalue weighted by molar-refractivity contribution is 0.103. The van der Waals surface area contributed by atoms with Crippen molar-refractivity contribution in [3.05, 3.63) is 51.4 Å². The van der Waals surface area contributed by atoms with Crippen molar-refractivity contribution in [3.63, 3.8) is 0 Å². The number of aromatic nitrogens is 1. The molecule has 0 aliphatic carbocycles. The zero-order valence-electron chi connectivity index (χ0n) is 11.2. The fourth-order valence-electron chi connectivity index (χ4n) is 2.09. The number of nitrogens with zero attached hydrogens (tertiary/aromatic N) is 1. The summed E-state index contributed by atoms with van der Waals surface area (Å²) in [7, 11) is 0. The Kier molecular flexibility index (Phi) is 3.65. The third-order valence-electron chi connectivity index (χ3n) is 3.15. The van der Waals surface area contributed by atoms with Crippen molar-refractivity contribution < 1.29 is 4.79 Å². The van der Waals surface area contributed by atoms with Gasteiger partial charge < -0.3 is 11.1 Å². The minimum absolute atomic E-state index is 0.211. The number of pyridine rings is 1. The lowest BCUT2D eigenvalue weighted by Crippen LogP contribution is -2.11. The van der Waals surface area contributed by atoms with E-state index in [0.29, 0.717) is 10.6 Å². The molecule has 2 aromatic heterocycles. The zero-order chi connectivity index (χ0) is 15.0. The molecular formula is C15H12BrN3OS. The number of hydrogen-bond acceptors (Lipinski definition) is 4. The van der Waals surface area contributed by atoms with Crippen LogP contribution in [-0.4, -0.2) is 10.9 Å². The van der Waals surface area contributed by atoms with Crippen molar-refractivity contribution in [1.29, 1.82) is 0 Å². The van der Waals surface area contributed by atoms with Gasteiger partial charge in [-0.15, -0.1) is 11.3 Å². The number of carbonyl (C=O) groups excluding carboxylic acids is 1. The number of benzene rings is 1. The summed E-state index contributed by atoms with van der Waals surface area (Å²) in [6.07, 6.45) is 1.73. The third kappa shape index (κ3) is 2.64. The highest BCUT2D eigenvalue weighted by molar-refractivity contribution is 9.10. The van der Waals surface area contributed by atoms with Crippen LogP contribution in [0.3, 0.4) is 0 Å². The van der Waals surface area contributed by atoms with Crippen LogP contribution in [0.1, 0.15) is 15.2 Å². The summed E-state index contributed by atoms with van der Waals surface area (Å²) >= 11 is 4.67. The largest absolute Gasteiger partial charge is 0.397 e. The zero-order valence-corrected chi connectivity index (χ0v) is 13.6. The first-order valence-corrected chi connectivity index (χ1v) is 7.87. The number of nitrogen functional groups attached to an aromatic ring is 1. The van der Waals surface area contributed by atoms with E-state index in [1.54, 1.807) is 6.20 Å². The van der Waals surface area contributed by atoms with Crippen LogP contribution in [0.4, 0.5) is 11.4 Å². The molecule has 21 heavy (non-hydrogen) atoms. The fraction of sp³-hybridized carbons (Fsp3) is 0.0667. The van der Waals surface area contributed by atoms with E-state index in [0.717, 1.165) is 25.9 Å². The van der Waals surface area contributed by atoms with Gasteiger partial charge in [0.1, 0.15) is 9.71 Å². The molecular weight excluding hydrogens is 350 g/mol. The highest BCUT2D eigenvalue weighted by Gasteiger charge is 2.18. The van der Waals surface area contributed by atoms with Crippen LogP contribution in [-0.2, 0) is 0 Å². The normalized spacial score (nSPS) is 10.8. The van der Waals surface area contributed by atoms with Gasteiger partial charge in [-0.1, -0.05) is 15.9 Å². The Balaban J connectivity index is 1.96. The number of nitrogens with one attached hydrogen (secondary N) is 1. The highest BCUT2D eigenvalue weighted by atomic mass is 79.9. The molecule has 0 aliphatic rings. The molecule has 3 N–H and O–H groups in total. The Morgan fingerprint density at radius 2 is 2.00 bits per heavy atom. The van der Waals surface area contributed by atoms with E-state index in [1.165, 1.54) is 11.3 Å². The second-order valence-corrected chi connectivity index (χ2v) is 6.53. The smallest absolute Gasteiger partial charge is 0.267 e. The number of anilines is 2. The molecule has 1 amide bonds. The van der Waals surface area contributed by atoms with Gasteiger partial charge in [-0.25, -0.2) is 4.98 Å². The number of halogens is 1. The molecule has 0 saturated carbocycles. The Bertz CT molecular complexity index is 827. The molecule has 0 bridgehead atoms. The molecule has 0 radical (unpaired) electrons. The van der Waals surface area contributed by atoms with Crippen molar-refractivity contribution in [1.82, 2.24) is 4.98 Å². The van der Waals surface area contributed by atoms with Gasteiger partial charge in [0, 0.05) is 21.7 Å². The Morgan fingerprint density at radius 3 is 2.67 bits per heavy atom. The number of aryl methyl sites for hydroxylation is 1. The van der Waals surface area contributed by atoms with Crippen LogP contribution in [0.25, 0.3) is 10.2 Å². The Labute approximate surface area is 134 Å². The van der Waals surface area contributed by atoms with E-state index < -0.39 is 0 Å². The van der Waals surface area contributed by atoms with Gasteiger partial charge in [0.2, 0.25) is 0 Å². The van der Waals surface area contributed by atoms with E-state index >= 15 is 0 Å². The van der Waals surface area contributed by atoms with Gasteiger partial charge in [0.05, 0.1) is 5.69 Å². The van der Waals surface area contributed by atoms with E-state index in [1.807, 2.05) is 37.3 Å². The van der Waals surface area contributed by atoms with Crippen LogP contribution in [0.15, 0.2) is 41.0 Å². The molecule has 1 aromatic carbocycles. The predicted octanol–water partition coefficient (Wildman–Crippen LogP) is 4.20. The molecule has 106 valence electrons. The number of thiophene rings is 1. The third-order valence-corrected chi connectivity index (χ3v) is 4.79. The second-order valence-electron chi connectivity index (χ2n) is 4.61. The summed E-state index contributed by atoms with van der Waals surface area (Å²) in [6, 6.07) is 9.29. The summed E-state index contributed by atoms with van der Waals surface area (Å²) in [4.78, 5) is 17.9. The molecule has 6 heteroatoms. The van der Waals surface area contributed by atoms with Crippen molar-refractivity contribution in [3.8, 4) is 0 Å². The Hall–Kier alpha value is -1.92. The van der Waals surface area contributed by atoms with Crippen molar-refractivity contribution in [2.24, 2.45) is 0 Å². The molecule has 0 saturated heterocycles. The van der Waals surface area contributed by atoms with Crippen LogP contribution < -0.4 is 11.1 Å². The maximum Gasteiger partial charge on any atom is 0.267 e. The quantitative estimate of drug-likeness (QED) is 0.718. The topological polar surface area (TPSA) is 68.0 Å². The molecule has 4 nitrogen and oxygen atoms in total. The van der Waals surface area contributed by atoms with Gasteiger partial charge >= 0.3 is 0 Å². The van der Waals surface area contributed by atoms with Crippen LogP contribution in [0.5, 0.6) is 0 Å². The molecule has 0 unspecified atom stereocenters. The summed E-state index contributed by atoms with van der Waals surface area (Å²) in [5.74, 6) is -0.211. The van der Waals surface area contributed by atoms with Crippen LogP contribution >= 0.6 is 27.3 Å². The maximum absolute atomic E-state index is 12.4. The number of hydrogen-bond donors (Lipinski definition) is 2. The van der Waals surface area contributed by atoms with Gasteiger partial charge in [-0.05, 0) is 42.8 Å². The molecule has 3 aromatic rings. The van der Waals surface area contributed by atoms with E-state index in [4.69, 9.17) is 5.73 Å². The van der Waals surface area contributed by atoms with Gasteiger partial charge in [-0.3, -0.25) is 4.79 Å².